The van der Waals surface area contributed by atoms with E-state index in [2.05, 4.69) is 17.1 Å². The Hall–Kier alpha value is -1.13. The van der Waals surface area contributed by atoms with E-state index in [0.29, 0.717) is 18.4 Å². The fraction of sp³-hybridized carbons (Fsp3) is 0.647. The van der Waals surface area contributed by atoms with Crippen LogP contribution in [0.1, 0.15) is 32.6 Å². The fourth-order valence-electron chi connectivity index (χ4n) is 2.85. The monoisotopic (exact) mass is 294 g/mol. The Kier molecular flexibility index (Phi) is 6.96. The van der Waals surface area contributed by atoms with Gasteiger partial charge in [0.25, 0.3) is 0 Å². The van der Waals surface area contributed by atoms with E-state index >= 15 is 0 Å². The molecule has 1 atom stereocenters. The third kappa shape index (κ3) is 5.64. The first-order valence-electron chi connectivity index (χ1n) is 8.12. The predicted molar refractivity (Wildman–Crippen MR) is 84.3 cm³/mol. The van der Waals surface area contributed by atoms with Gasteiger partial charge < -0.3 is 10.1 Å². The molecule has 0 bridgehead atoms. The van der Waals surface area contributed by atoms with Crippen molar-refractivity contribution < 1.29 is 9.13 Å². The molecule has 3 nitrogen and oxygen atoms in total. The zero-order chi connectivity index (χ0) is 14.9. The molecule has 1 aromatic rings. The Balaban J connectivity index is 1.75. The minimum atomic E-state index is -0.284. The van der Waals surface area contributed by atoms with Crippen molar-refractivity contribution in [2.45, 2.75) is 38.6 Å². The summed E-state index contributed by atoms with van der Waals surface area (Å²) in [7, 11) is 0. The second-order valence-corrected chi connectivity index (χ2v) is 5.73. The molecule has 4 heteroatoms. The molecule has 1 saturated heterocycles. The lowest BCUT2D eigenvalue weighted by Crippen LogP contribution is -2.45. The van der Waals surface area contributed by atoms with Gasteiger partial charge in [0.15, 0.2) is 11.6 Å². The minimum Gasteiger partial charge on any atom is -0.489 e. The van der Waals surface area contributed by atoms with Crippen LogP contribution in [0, 0.1) is 5.82 Å². The lowest BCUT2D eigenvalue weighted by Gasteiger charge is -2.30. The zero-order valence-corrected chi connectivity index (χ0v) is 13.0. The van der Waals surface area contributed by atoms with Crippen LogP contribution in [0.4, 0.5) is 4.39 Å². The van der Waals surface area contributed by atoms with Crippen LogP contribution in [-0.4, -0.2) is 43.7 Å². The van der Waals surface area contributed by atoms with Gasteiger partial charge in [0.05, 0.1) is 0 Å². The van der Waals surface area contributed by atoms with Gasteiger partial charge in [-0.2, -0.15) is 0 Å². The Labute approximate surface area is 127 Å². The SMILES string of the molecule is CCCN(CCOc1ccccc1F)CC1CCCCN1. The largest absolute Gasteiger partial charge is 0.489 e. The number of piperidine rings is 1. The summed E-state index contributed by atoms with van der Waals surface area (Å²) in [4.78, 5) is 2.42. The summed E-state index contributed by atoms with van der Waals surface area (Å²) in [5, 5.41) is 3.58. The first-order valence-corrected chi connectivity index (χ1v) is 8.12. The Morgan fingerprint density at radius 1 is 1.29 bits per heavy atom. The van der Waals surface area contributed by atoms with Gasteiger partial charge in [0, 0.05) is 19.1 Å². The molecule has 1 heterocycles. The summed E-state index contributed by atoms with van der Waals surface area (Å²) in [6.45, 7) is 6.84. The number of halogens is 1. The molecular formula is C17H27FN2O. The van der Waals surface area contributed by atoms with Crippen LogP contribution in [0.25, 0.3) is 0 Å². The molecule has 1 aromatic carbocycles. The maximum Gasteiger partial charge on any atom is 0.165 e. The van der Waals surface area contributed by atoms with Crippen molar-refractivity contribution in [3.05, 3.63) is 30.1 Å². The molecule has 0 aromatic heterocycles. The third-order valence-electron chi connectivity index (χ3n) is 3.93. The van der Waals surface area contributed by atoms with E-state index < -0.39 is 0 Å². The van der Waals surface area contributed by atoms with Crippen LogP contribution >= 0.6 is 0 Å². The van der Waals surface area contributed by atoms with Gasteiger partial charge in [-0.1, -0.05) is 25.5 Å². The van der Waals surface area contributed by atoms with E-state index in [1.54, 1.807) is 18.2 Å². The van der Waals surface area contributed by atoms with Crippen molar-refractivity contribution in [1.29, 1.82) is 0 Å². The molecular weight excluding hydrogens is 267 g/mol. The number of hydrogen-bond donors (Lipinski definition) is 1. The van der Waals surface area contributed by atoms with Gasteiger partial charge in [-0.15, -0.1) is 0 Å². The first kappa shape index (κ1) is 16.2. The maximum absolute atomic E-state index is 13.5. The highest BCUT2D eigenvalue weighted by molar-refractivity contribution is 5.23. The molecule has 0 spiro atoms. The van der Waals surface area contributed by atoms with Gasteiger partial charge in [-0.25, -0.2) is 4.39 Å². The number of ether oxygens (including phenoxy) is 1. The van der Waals surface area contributed by atoms with E-state index in [-0.39, 0.29) is 5.82 Å². The molecule has 1 aliphatic rings. The van der Waals surface area contributed by atoms with Crippen molar-refractivity contribution in [2.24, 2.45) is 0 Å². The molecule has 1 unspecified atom stereocenters. The summed E-state index contributed by atoms with van der Waals surface area (Å²) in [6.07, 6.45) is 5.00. The van der Waals surface area contributed by atoms with E-state index in [4.69, 9.17) is 4.74 Å². The molecule has 0 amide bonds. The second kappa shape index (κ2) is 9.00. The zero-order valence-electron chi connectivity index (χ0n) is 13.0. The van der Waals surface area contributed by atoms with Crippen molar-refractivity contribution in [2.75, 3.05) is 32.8 Å². The summed E-state index contributed by atoms with van der Waals surface area (Å²) in [6, 6.07) is 7.20. The van der Waals surface area contributed by atoms with Crippen LogP contribution in [0.15, 0.2) is 24.3 Å². The summed E-state index contributed by atoms with van der Waals surface area (Å²) >= 11 is 0. The predicted octanol–water partition coefficient (Wildman–Crippen LogP) is 3.06. The number of para-hydroxylation sites is 1. The third-order valence-corrected chi connectivity index (χ3v) is 3.93. The Morgan fingerprint density at radius 2 is 2.14 bits per heavy atom. The topological polar surface area (TPSA) is 24.5 Å². The number of hydrogen-bond acceptors (Lipinski definition) is 3. The standard InChI is InChI=1S/C17H27FN2O/c1-2-11-20(14-15-7-5-6-10-19-15)12-13-21-17-9-4-3-8-16(17)18/h3-4,8-9,15,19H,2,5-7,10-14H2,1H3. The minimum absolute atomic E-state index is 0.284. The molecule has 2 rings (SSSR count). The van der Waals surface area contributed by atoms with E-state index in [1.165, 1.54) is 25.3 Å². The number of nitrogens with zero attached hydrogens (tertiary/aromatic N) is 1. The number of rotatable bonds is 8. The molecule has 1 N–H and O–H groups in total. The lowest BCUT2D eigenvalue weighted by atomic mass is 10.0. The van der Waals surface area contributed by atoms with Gasteiger partial charge in [0.1, 0.15) is 6.61 Å². The van der Waals surface area contributed by atoms with E-state index in [0.717, 1.165) is 32.6 Å². The van der Waals surface area contributed by atoms with Crippen LogP contribution in [0.3, 0.4) is 0 Å². The van der Waals surface area contributed by atoms with E-state index in [9.17, 15) is 4.39 Å². The Bertz CT molecular complexity index is 408. The molecule has 0 aliphatic carbocycles. The maximum atomic E-state index is 13.5. The molecule has 0 radical (unpaired) electrons. The highest BCUT2D eigenvalue weighted by Crippen LogP contribution is 2.15. The summed E-state index contributed by atoms with van der Waals surface area (Å²) in [5.74, 6) is 0.0678. The van der Waals surface area contributed by atoms with Crippen LogP contribution < -0.4 is 10.1 Å². The average Bonchev–Trinajstić information content (AvgIpc) is 2.50. The quantitative estimate of drug-likeness (QED) is 0.797. The molecule has 1 fully saturated rings. The van der Waals surface area contributed by atoms with Crippen molar-refractivity contribution in [3.8, 4) is 5.75 Å². The van der Waals surface area contributed by atoms with Crippen molar-refractivity contribution in [3.63, 3.8) is 0 Å². The molecule has 118 valence electrons. The Morgan fingerprint density at radius 3 is 2.86 bits per heavy atom. The second-order valence-electron chi connectivity index (χ2n) is 5.73. The van der Waals surface area contributed by atoms with Crippen LogP contribution in [0.5, 0.6) is 5.75 Å². The first-order chi connectivity index (χ1) is 10.3. The lowest BCUT2D eigenvalue weighted by molar-refractivity contribution is 0.181. The molecule has 1 aliphatic heterocycles. The summed E-state index contributed by atoms with van der Waals surface area (Å²) < 4.78 is 19.1. The smallest absolute Gasteiger partial charge is 0.165 e. The summed E-state index contributed by atoms with van der Waals surface area (Å²) in [5.41, 5.74) is 0. The van der Waals surface area contributed by atoms with Crippen LogP contribution in [-0.2, 0) is 0 Å². The highest BCUT2D eigenvalue weighted by atomic mass is 19.1. The highest BCUT2D eigenvalue weighted by Gasteiger charge is 2.16. The van der Waals surface area contributed by atoms with E-state index in [1.807, 2.05) is 0 Å². The molecule has 0 saturated carbocycles. The number of nitrogens with one attached hydrogen (secondary N) is 1. The van der Waals surface area contributed by atoms with Gasteiger partial charge >= 0.3 is 0 Å². The van der Waals surface area contributed by atoms with Crippen molar-refractivity contribution in [1.82, 2.24) is 10.2 Å². The number of benzene rings is 1. The van der Waals surface area contributed by atoms with Gasteiger partial charge in [-0.3, -0.25) is 4.90 Å². The molecule has 21 heavy (non-hydrogen) atoms. The van der Waals surface area contributed by atoms with Crippen molar-refractivity contribution >= 4 is 0 Å². The average molecular weight is 294 g/mol. The fourth-order valence-corrected chi connectivity index (χ4v) is 2.85. The normalized spacial score (nSPS) is 18.9. The van der Waals surface area contributed by atoms with Gasteiger partial charge in [0.2, 0.25) is 0 Å². The van der Waals surface area contributed by atoms with Gasteiger partial charge in [-0.05, 0) is 44.5 Å². The van der Waals surface area contributed by atoms with Crippen LogP contribution in [0.2, 0.25) is 0 Å².